The van der Waals surface area contributed by atoms with Crippen LogP contribution in [-0.4, -0.2) is 8.42 Å². The van der Waals surface area contributed by atoms with Gasteiger partial charge in [0.15, 0.2) is 0 Å². The van der Waals surface area contributed by atoms with Crippen molar-refractivity contribution >= 4 is 37.3 Å². The maximum Gasteiger partial charge on any atom is 0.214 e. The first-order chi connectivity index (χ1) is 4.97. The standard InChI is InChI=1S/C5H6BrNO2S2/c6-4-1-5(10-2-4)3-11(7,8)9/h1-2H,3H2,(H2,7,8,9). The lowest BCUT2D eigenvalue weighted by Gasteiger charge is -1.91. The Balaban J connectivity index is 2.81. The predicted molar refractivity (Wildman–Crippen MR) is 48.8 cm³/mol. The van der Waals surface area contributed by atoms with Crippen molar-refractivity contribution in [3.05, 3.63) is 20.8 Å². The second-order valence-electron chi connectivity index (χ2n) is 2.04. The molecule has 62 valence electrons. The highest BCUT2D eigenvalue weighted by molar-refractivity contribution is 9.10. The van der Waals surface area contributed by atoms with Crippen molar-refractivity contribution in [1.82, 2.24) is 0 Å². The van der Waals surface area contributed by atoms with E-state index in [-0.39, 0.29) is 5.75 Å². The molecule has 1 rings (SSSR count). The topological polar surface area (TPSA) is 60.2 Å². The first-order valence-electron chi connectivity index (χ1n) is 2.71. The maximum atomic E-state index is 10.6. The van der Waals surface area contributed by atoms with Gasteiger partial charge in [-0.05, 0) is 22.0 Å². The molecule has 0 saturated heterocycles. The number of rotatable bonds is 2. The van der Waals surface area contributed by atoms with Gasteiger partial charge in [0, 0.05) is 14.7 Å². The second kappa shape index (κ2) is 3.22. The van der Waals surface area contributed by atoms with E-state index in [1.54, 1.807) is 6.07 Å². The van der Waals surface area contributed by atoms with Crippen molar-refractivity contribution in [2.45, 2.75) is 5.75 Å². The minimum Gasteiger partial charge on any atom is -0.228 e. The number of halogens is 1. The fraction of sp³-hybridized carbons (Fsp3) is 0.200. The Hall–Kier alpha value is 0.0900. The van der Waals surface area contributed by atoms with Crippen LogP contribution in [0.15, 0.2) is 15.9 Å². The summed E-state index contributed by atoms with van der Waals surface area (Å²) in [5.74, 6) is -0.0801. The summed E-state index contributed by atoms with van der Waals surface area (Å²) in [6.07, 6.45) is 0. The average Bonchev–Trinajstić information content (AvgIpc) is 2.10. The molecular weight excluding hydrogens is 250 g/mol. The van der Waals surface area contributed by atoms with Gasteiger partial charge in [0.05, 0.1) is 5.75 Å². The average molecular weight is 256 g/mol. The normalized spacial score (nSPS) is 11.8. The molecule has 0 aromatic carbocycles. The molecule has 0 fully saturated rings. The minimum absolute atomic E-state index is 0.0801. The zero-order valence-corrected chi connectivity index (χ0v) is 8.67. The molecule has 0 saturated carbocycles. The van der Waals surface area contributed by atoms with E-state index in [1.807, 2.05) is 5.38 Å². The highest BCUT2D eigenvalue weighted by atomic mass is 79.9. The quantitative estimate of drug-likeness (QED) is 0.866. The molecule has 0 unspecified atom stereocenters. The Morgan fingerprint density at radius 2 is 2.27 bits per heavy atom. The molecule has 3 nitrogen and oxygen atoms in total. The molecule has 0 bridgehead atoms. The van der Waals surface area contributed by atoms with E-state index in [9.17, 15) is 8.42 Å². The van der Waals surface area contributed by atoms with Crippen LogP contribution >= 0.6 is 27.3 Å². The van der Waals surface area contributed by atoms with Gasteiger partial charge in [0.1, 0.15) is 0 Å². The third-order valence-corrected chi connectivity index (χ3v) is 3.56. The first kappa shape index (κ1) is 9.18. The molecule has 11 heavy (non-hydrogen) atoms. The van der Waals surface area contributed by atoms with Crippen LogP contribution in [0.1, 0.15) is 4.88 Å². The van der Waals surface area contributed by atoms with Crippen molar-refractivity contribution in [2.24, 2.45) is 5.14 Å². The van der Waals surface area contributed by atoms with Gasteiger partial charge in [-0.2, -0.15) is 0 Å². The fourth-order valence-corrected chi connectivity index (χ4v) is 3.11. The van der Waals surface area contributed by atoms with Gasteiger partial charge in [-0.3, -0.25) is 0 Å². The SMILES string of the molecule is NS(=O)(=O)Cc1cc(Br)cs1. The van der Waals surface area contributed by atoms with Crippen LogP contribution < -0.4 is 5.14 Å². The van der Waals surface area contributed by atoms with E-state index in [0.29, 0.717) is 0 Å². The van der Waals surface area contributed by atoms with E-state index in [4.69, 9.17) is 5.14 Å². The number of nitrogens with two attached hydrogens (primary N) is 1. The molecule has 1 aromatic heterocycles. The molecule has 0 aliphatic heterocycles. The number of hydrogen-bond donors (Lipinski definition) is 1. The molecule has 0 atom stereocenters. The zero-order chi connectivity index (χ0) is 8.48. The van der Waals surface area contributed by atoms with E-state index in [2.05, 4.69) is 15.9 Å². The van der Waals surface area contributed by atoms with Gasteiger partial charge in [-0.15, -0.1) is 11.3 Å². The van der Waals surface area contributed by atoms with Crippen LogP contribution in [0.5, 0.6) is 0 Å². The van der Waals surface area contributed by atoms with Gasteiger partial charge in [-0.25, -0.2) is 13.6 Å². The van der Waals surface area contributed by atoms with E-state index in [1.165, 1.54) is 11.3 Å². The third kappa shape index (κ3) is 3.33. The van der Waals surface area contributed by atoms with Crippen LogP contribution in [0.2, 0.25) is 0 Å². The molecule has 1 aromatic rings. The first-order valence-corrected chi connectivity index (χ1v) is 6.09. The van der Waals surface area contributed by atoms with Gasteiger partial charge in [-0.1, -0.05) is 0 Å². The van der Waals surface area contributed by atoms with Crippen molar-refractivity contribution in [2.75, 3.05) is 0 Å². The molecule has 0 aliphatic rings. The largest absolute Gasteiger partial charge is 0.228 e. The Morgan fingerprint density at radius 3 is 2.64 bits per heavy atom. The molecule has 0 spiro atoms. The van der Waals surface area contributed by atoms with Gasteiger partial charge >= 0.3 is 0 Å². The van der Waals surface area contributed by atoms with Crippen molar-refractivity contribution in [1.29, 1.82) is 0 Å². The molecule has 0 amide bonds. The predicted octanol–water partition coefficient (Wildman–Crippen LogP) is 1.30. The summed E-state index contributed by atoms with van der Waals surface area (Å²) in [5.41, 5.74) is 0. The summed E-state index contributed by atoms with van der Waals surface area (Å²) in [7, 11) is -3.37. The molecule has 6 heteroatoms. The van der Waals surface area contributed by atoms with Crippen LogP contribution in [0, 0.1) is 0 Å². The number of sulfonamides is 1. The Kier molecular flexibility index (Phi) is 2.69. The summed E-state index contributed by atoms with van der Waals surface area (Å²) in [6, 6.07) is 1.75. The molecule has 0 radical (unpaired) electrons. The molecule has 0 aliphatic carbocycles. The number of primary sulfonamides is 1. The summed E-state index contributed by atoms with van der Waals surface area (Å²) >= 11 is 4.58. The van der Waals surface area contributed by atoms with Crippen LogP contribution in [-0.2, 0) is 15.8 Å². The monoisotopic (exact) mass is 255 g/mol. The minimum atomic E-state index is -3.37. The number of hydrogen-bond acceptors (Lipinski definition) is 3. The Bertz CT molecular complexity index is 343. The Morgan fingerprint density at radius 1 is 1.64 bits per heavy atom. The van der Waals surface area contributed by atoms with Gasteiger partial charge in [0.2, 0.25) is 10.0 Å². The third-order valence-electron chi connectivity index (χ3n) is 0.965. The van der Waals surface area contributed by atoms with Crippen molar-refractivity contribution in [3.8, 4) is 0 Å². The van der Waals surface area contributed by atoms with E-state index < -0.39 is 10.0 Å². The zero-order valence-electron chi connectivity index (χ0n) is 5.45. The summed E-state index contributed by atoms with van der Waals surface area (Å²) in [4.78, 5) is 0.749. The molecule has 1 heterocycles. The van der Waals surface area contributed by atoms with Crippen LogP contribution in [0.25, 0.3) is 0 Å². The maximum absolute atomic E-state index is 10.6. The van der Waals surface area contributed by atoms with E-state index in [0.717, 1.165) is 9.35 Å². The lowest BCUT2D eigenvalue weighted by atomic mass is 10.5. The highest BCUT2D eigenvalue weighted by Gasteiger charge is 2.06. The highest BCUT2D eigenvalue weighted by Crippen LogP contribution is 2.20. The van der Waals surface area contributed by atoms with Gasteiger partial charge < -0.3 is 0 Å². The molecular formula is C5H6BrNO2S2. The lowest BCUT2D eigenvalue weighted by molar-refractivity contribution is 0.597. The molecule has 2 N–H and O–H groups in total. The summed E-state index contributed by atoms with van der Waals surface area (Å²) in [5, 5.41) is 6.66. The second-order valence-corrected chi connectivity index (χ2v) is 5.56. The summed E-state index contributed by atoms with van der Waals surface area (Å²) < 4.78 is 22.0. The number of thiophene rings is 1. The Labute approximate surface area is 77.4 Å². The van der Waals surface area contributed by atoms with E-state index >= 15 is 0 Å². The smallest absolute Gasteiger partial charge is 0.214 e. The summed E-state index contributed by atoms with van der Waals surface area (Å²) in [6.45, 7) is 0. The van der Waals surface area contributed by atoms with Crippen molar-refractivity contribution in [3.63, 3.8) is 0 Å². The van der Waals surface area contributed by atoms with Crippen LogP contribution in [0.3, 0.4) is 0 Å². The van der Waals surface area contributed by atoms with Crippen molar-refractivity contribution < 1.29 is 8.42 Å². The van der Waals surface area contributed by atoms with Crippen LogP contribution in [0.4, 0.5) is 0 Å². The van der Waals surface area contributed by atoms with Gasteiger partial charge in [0.25, 0.3) is 0 Å². The lowest BCUT2D eigenvalue weighted by Crippen LogP contribution is -2.13. The fourth-order valence-electron chi connectivity index (χ4n) is 0.628.